The van der Waals surface area contributed by atoms with Gasteiger partial charge in [-0.2, -0.15) is 13.2 Å². The van der Waals surface area contributed by atoms with Crippen LogP contribution in [0.2, 0.25) is 0 Å². The van der Waals surface area contributed by atoms with Gasteiger partial charge >= 0.3 is 6.18 Å². The molecule has 0 spiro atoms. The fourth-order valence-electron chi connectivity index (χ4n) is 1.22. The van der Waals surface area contributed by atoms with Gasteiger partial charge in [-0.1, -0.05) is 22.6 Å². The van der Waals surface area contributed by atoms with E-state index < -0.39 is 12.1 Å². The second kappa shape index (κ2) is 2.87. The molecule has 1 saturated carbocycles. The van der Waals surface area contributed by atoms with Crippen LogP contribution in [0.4, 0.5) is 13.2 Å². The van der Waals surface area contributed by atoms with E-state index in [9.17, 15) is 13.2 Å². The fourth-order valence-corrected chi connectivity index (χ4v) is 2.20. The summed E-state index contributed by atoms with van der Waals surface area (Å²) in [5.41, 5.74) is 0. The predicted octanol–water partition coefficient (Wildman–Crippen LogP) is 3.15. The molecule has 60 valence electrons. The fraction of sp³-hybridized carbons (Fsp3) is 1.00. The Bertz CT molecular complexity index is 121. The average molecular weight is 264 g/mol. The van der Waals surface area contributed by atoms with Gasteiger partial charge in [0.05, 0.1) is 5.92 Å². The summed E-state index contributed by atoms with van der Waals surface area (Å²) in [5, 5.41) is 0. The minimum absolute atomic E-state index is 0.240. The van der Waals surface area contributed by atoms with Gasteiger partial charge in [-0.3, -0.25) is 0 Å². The molecule has 0 heterocycles. The van der Waals surface area contributed by atoms with E-state index in [1.165, 1.54) is 0 Å². The topological polar surface area (TPSA) is 0 Å². The zero-order valence-corrected chi connectivity index (χ0v) is 7.45. The molecule has 0 aliphatic heterocycles. The van der Waals surface area contributed by atoms with Gasteiger partial charge in [0.2, 0.25) is 0 Å². The normalized spacial score (nSPS) is 34.8. The molecule has 0 aromatic heterocycles. The summed E-state index contributed by atoms with van der Waals surface area (Å²) < 4.78 is 36.0. The van der Waals surface area contributed by atoms with Gasteiger partial charge in [0.15, 0.2) is 0 Å². The molecule has 2 unspecified atom stereocenters. The lowest BCUT2D eigenvalue weighted by atomic mass is 10.1. The molecule has 0 aromatic carbocycles. The highest BCUT2D eigenvalue weighted by Gasteiger charge is 2.43. The SMILES string of the molecule is FC(F)(F)C1CCC(I)C1. The van der Waals surface area contributed by atoms with Gasteiger partial charge in [0.25, 0.3) is 0 Å². The Labute approximate surface area is 71.3 Å². The van der Waals surface area contributed by atoms with Crippen molar-refractivity contribution in [3.8, 4) is 0 Å². The van der Waals surface area contributed by atoms with Crippen LogP contribution in [0.1, 0.15) is 19.3 Å². The Morgan fingerprint density at radius 1 is 1.20 bits per heavy atom. The van der Waals surface area contributed by atoms with Crippen LogP contribution in [0.5, 0.6) is 0 Å². The molecule has 10 heavy (non-hydrogen) atoms. The second-order valence-electron chi connectivity index (χ2n) is 2.65. The summed E-state index contributed by atoms with van der Waals surface area (Å²) in [6.07, 6.45) is -2.56. The molecule has 0 aromatic rings. The van der Waals surface area contributed by atoms with Gasteiger partial charge < -0.3 is 0 Å². The molecule has 0 amide bonds. The second-order valence-corrected chi connectivity index (χ2v) is 4.41. The van der Waals surface area contributed by atoms with Crippen LogP contribution in [0.15, 0.2) is 0 Å². The number of alkyl halides is 4. The molecule has 0 nitrogen and oxygen atoms in total. The third kappa shape index (κ3) is 2.00. The molecule has 4 heteroatoms. The van der Waals surface area contributed by atoms with Crippen molar-refractivity contribution >= 4 is 22.6 Å². The van der Waals surface area contributed by atoms with Crippen molar-refractivity contribution in [2.45, 2.75) is 29.4 Å². The van der Waals surface area contributed by atoms with E-state index in [4.69, 9.17) is 0 Å². The van der Waals surface area contributed by atoms with Crippen molar-refractivity contribution in [3.05, 3.63) is 0 Å². The highest BCUT2D eigenvalue weighted by atomic mass is 127. The van der Waals surface area contributed by atoms with Crippen molar-refractivity contribution in [2.24, 2.45) is 5.92 Å². The standard InChI is InChI=1S/C6H8F3I/c7-6(8,9)4-1-2-5(10)3-4/h4-5H,1-3H2. The molecule has 0 saturated heterocycles. The van der Waals surface area contributed by atoms with E-state index >= 15 is 0 Å². The van der Waals surface area contributed by atoms with Gasteiger partial charge in [0, 0.05) is 3.92 Å². The monoisotopic (exact) mass is 264 g/mol. The van der Waals surface area contributed by atoms with E-state index in [1.807, 2.05) is 0 Å². The summed E-state index contributed by atoms with van der Waals surface area (Å²) in [5.74, 6) is -1.02. The summed E-state index contributed by atoms with van der Waals surface area (Å²) >= 11 is 2.09. The molecule has 0 bridgehead atoms. The van der Waals surface area contributed by atoms with E-state index in [0.29, 0.717) is 12.8 Å². The number of halogens is 4. The molecule has 0 N–H and O–H groups in total. The van der Waals surface area contributed by atoms with Gasteiger partial charge in [-0.25, -0.2) is 0 Å². The van der Waals surface area contributed by atoms with Crippen molar-refractivity contribution in [3.63, 3.8) is 0 Å². The van der Waals surface area contributed by atoms with Gasteiger partial charge in [-0.15, -0.1) is 0 Å². The van der Waals surface area contributed by atoms with Crippen LogP contribution in [0, 0.1) is 5.92 Å². The summed E-state index contributed by atoms with van der Waals surface area (Å²) in [6.45, 7) is 0. The van der Waals surface area contributed by atoms with Crippen LogP contribution in [0.25, 0.3) is 0 Å². The zero-order chi connectivity index (χ0) is 7.78. The molecule has 1 fully saturated rings. The lowest BCUT2D eigenvalue weighted by molar-refractivity contribution is -0.172. The van der Waals surface area contributed by atoms with Gasteiger partial charge in [0.1, 0.15) is 0 Å². The average Bonchev–Trinajstić information content (AvgIpc) is 2.11. The maximum Gasteiger partial charge on any atom is 0.391 e. The summed E-state index contributed by atoms with van der Waals surface area (Å²) in [6, 6.07) is 0. The minimum atomic E-state index is -3.94. The molecule has 1 aliphatic carbocycles. The molecule has 1 aliphatic rings. The third-order valence-electron chi connectivity index (χ3n) is 1.83. The minimum Gasteiger partial charge on any atom is -0.171 e. The quantitative estimate of drug-likeness (QED) is 0.465. The van der Waals surface area contributed by atoms with E-state index in [1.54, 1.807) is 0 Å². The lowest BCUT2D eigenvalue weighted by Crippen LogP contribution is -2.19. The van der Waals surface area contributed by atoms with Crippen LogP contribution in [-0.2, 0) is 0 Å². The van der Waals surface area contributed by atoms with E-state index in [0.717, 1.165) is 6.42 Å². The molecular weight excluding hydrogens is 256 g/mol. The number of hydrogen-bond donors (Lipinski definition) is 0. The number of hydrogen-bond acceptors (Lipinski definition) is 0. The van der Waals surface area contributed by atoms with E-state index in [2.05, 4.69) is 22.6 Å². The Morgan fingerprint density at radius 2 is 1.80 bits per heavy atom. The van der Waals surface area contributed by atoms with Crippen LogP contribution in [-0.4, -0.2) is 10.1 Å². The van der Waals surface area contributed by atoms with Crippen LogP contribution in [0.3, 0.4) is 0 Å². The lowest BCUT2D eigenvalue weighted by Gasteiger charge is -2.12. The highest BCUT2D eigenvalue weighted by molar-refractivity contribution is 14.1. The third-order valence-corrected chi connectivity index (χ3v) is 2.96. The maximum atomic E-state index is 11.9. The molecule has 1 rings (SSSR count). The smallest absolute Gasteiger partial charge is 0.171 e. The zero-order valence-electron chi connectivity index (χ0n) is 5.29. The Balaban J connectivity index is 2.45. The molecular formula is C6H8F3I. The first-order valence-electron chi connectivity index (χ1n) is 3.21. The van der Waals surface area contributed by atoms with Crippen molar-refractivity contribution in [2.75, 3.05) is 0 Å². The first-order chi connectivity index (χ1) is 4.50. The summed E-state index contributed by atoms with van der Waals surface area (Å²) in [7, 11) is 0. The molecule has 0 radical (unpaired) electrons. The first kappa shape index (κ1) is 8.62. The Hall–Kier alpha value is 0.520. The maximum absolute atomic E-state index is 11.9. The van der Waals surface area contributed by atoms with Crippen LogP contribution < -0.4 is 0 Å². The first-order valence-corrected chi connectivity index (χ1v) is 4.45. The van der Waals surface area contributed by atoms with E-state index in [-0.39, 0.29) is 3.92 Å². The summed E-state index contributed by atoms with van der Waals surface area (Å²) in [4.78, 5) is 0. The highest BCUT2D eigenvalue weighted by Crippen LogP contribution is 2.41. The van der Waals surface area contributed by atoms with Crippen LogP contribution >= 0.6 is 22.6 Å². The Kier molecular flexibility index (Phi) is 2.47. The van der Waals surface area contributed by atoms with Crippen molar-refractivity contribution in [1.29, 1.82) is 0 Å². The van der Waals surface area contributed by atoms with Crippen molar-refractivity contribution < 1.29 is 13.2 Å². The van der Waals surface area contributed by atoms with Crippen molar-refractivity contribution in [1.82, 2.24) is 0 Å². The molecule has 2 atom stereocenters. The predicted molar refractivity (Wildman–Crippen MR) is 41.2 cm³/mol. The Morgan fingerprint density at radius 3 is 2.00 bits per heavy atom. The largest absolute Gasteiger partial charge is 0.391 e. The number of rotatable bonds is 0. The van der Waals surface area contributed by atoms with Gasteiger partial charge in [-0.05, 0) is 19.3 Å².